The molecule has 0 fully saturated rings. The second kappa shape index (κ2) is 4.88. The van der Waals surface area contributed by atoms with Crippen molar-refractivity contribution in [3.8, 4) is 0 Å². The topological polar surface area (TPSA) is 29.9 Å². The molecule has 0 bridgehead atoms. The monoisotopic (exact) mass is 165 g/mol. The van der Waals surface area contributed by atoms with Gasteiger partial charge in [-0.05, 0) is 18.9 Å². The van der Waals surface area contributed by atoms with E-state index in [4.69, 9.17) is 5.73 Å². The van der Waals surface area contributed by atoms with Gasteiger partial charge in [0.05, 0.1) is 0 Å². The van der Waals surface area contributed by atoms with Crippen LogP contribution in [-0.2, 0) is 13.1 Å². The van der Waals surface area contributed by atoms with Crippen LogP contribution in [0.5, 0.6) is 0 Å². The quantitative estimate of drug-likeness (QED) is 0.668. The Labute approximate surface area is 74.0 Å². The Kier molecular flexibility index (Phi) is 3.74. The number of nitrogens with two attached hydrogens (primary N) is 1. The summed E-state index contributed by atoms with van der Waals surface area (Å²) in [4.78, 5) is 0. The zero-order chi connectivity index (χ0) is 8.81. The Morgan fingerprint density at radius 1 is 1.50 bits per heavy atom. The van der Waals surface area contributed by atoms with E-state index in [2.05, 4.69) is 25.3 Å². The second-order valence-electron chi connectivity index (χ2n) is 3.01. The third-order valence-corrected chi connectivity index (χ3v) is 1.95. The van der Waals surface area contributed by atoms with Crippen LogP contribution in [0, 0.1) is 0 Å². The number of aromatic nitrogens is 1. The average molecular weight is 165 g/mol. The molecule has 0 spiro atoms. The maximum atomic E-state index is 5.51. The van der Waals surface area contributed by atoms with Crippen LogP contribution in [0.25, 0.3) is 0 Å². The number of aryl methyl sites for hydroxylation is 1. The maximum absolute atomic E-state index is 5.51. The highest BCUT2D eigenvalue weighted by atomic mass is 15.0. The van der Waals surface area contributed by atoms with E-state index in [1.54, 1.807) is 0 Å². The number of hydrogen-bond donors (Lipinski definition) is 1. The van der Waals surface area contributed by atoms with Crippen LogP contribution in [0.2, 0.25) is 0 Å². The summed E-state index contributed by atoms with van der Waals surface area (Å²) in [5, 5.41) is 0. The first-order chi connectivity index (χ1) is 5.86. The largest absolute Gasteiger partial charge is 0.275 e. The minimum atomic E-state index is 0.569. The molecule has 2 N–H and O–H groups in total. The van der Waals surface area contributed by atoms with E-state index in [-0.39, 0.29) is 0 Å². The van der Waals surface area contributed by atoms with Crippen LogP contribution < -0.4 is 10.3 Å². The highest BCUT2D eigenvalue weighted by molar-refractivity contribution is 5.05. The van der Waals surface area contributed by atoms with Gasteiger partial charge < -0.3 is 0 Å². The van der Waals surface area contributed by atoms with E-state index in [1.807, 2.05) is 10.8 Å². The molecule has 1 aromatic heterocycles. The summed E-state index contributed by atoms with van der Waals surface area (Å²) < 4.78 is 2.00. The van der Waals surface area contributed by atoms with Gasteiger partial charge in [0.25, 0.3) is 0 Å². The minimum absolute atomic E-state index is 0.569. The van der Waals surface area contributed by atoms with Gasteiger partial charge in [-0.25, -0.2) is 0 Å². The van der Waals surface area contributed by atoms with Crippen LogP contribution in [0.3, 0.4) is 0 Å². The Morgan fingerprint density at radius 3 is 3.00 bits per heavy atom. The lowest BCUT2D eigenvalue weighted by atomic mass is 10.1. The number of nitrogens with zero attached hydrogens (tertiary/aromatic N) is 1. The van der Waals surface area contributed by atoms with Crippen molar-refractivity contribution in [2.75, 3.05) is 0 Å². The van der Waals surface area contributed by atoms with Gasteiger partial charge in [0.15, 0.2) is 19.1 Å². The molecule has 1 rings (SSSR count). The summed E-state index contributed by atoms with van der Waals surface area (Å²) in [6, 6.07) is 4.21. The smallest absolute Gasteiger partial charge is 0.199 e. The van der Waals surface area contributed by atoms with Crippen molar-refractivity contribution in [2.24, 2.45) is 5.73 Å². The first-order valence-corrected chi connectivity index (χ1v) is 4.55. The zero-order valence-electron chi connectivity index (χ0n) is 7.66. The third-order valence-electron chi connectivity index (χ3n) is 1.95. The van der Waals surface area contributed by atoms with Crippen LogP contribution in [0.15, 0.2) is 24.5 Å². The molecule has 12 heavy (non-hydrogen) atoms. The summed E-state index contributed by atoms with van der Waals surface area (Å²) in [7, 11) is 0. The Balaban J connectivity index is 2.60. The Bertz CT molecular complexity index is 233. The Hall–Kier alpha value is -0.890. The summed E-state index contributed by atoms with van der Waals surface area (Å²) in [5.41, 5.74) is 6.89. The predicted octanol–water partition coefficient (Wildman–Crippen LogP) is 1.23. The molecule has 0 aromatic carbocycles. The fourth-order valence-corrected chi connectivity index (χ4v) is 1.22. The molecule has 1 aromatic rings. The fourth-order valence-electron chi connectivity index (χ4n) is 1.22. The van der Waals surface area contributed by atoms with Gasteiger partial charge in [0.2, 0.25) is 0 Å². The van der Waals surface area contributed by atoms with Gasteiger partial charge >= 0.3 is 0 Å². The van der Waals surface area contributed by atoms with Crippen LogP contribution in [-0.4, -0.2) is 0 Å². The lowest BCUT2D eigenvalue weighted by Crippen LogP contribution is -2.37. The highest BCUT2D eigenvalue weighted by Crippen LogP contribution is 2.00. The van der Waals surface area contributed by atoms with Crippen molar-refractivity contribution in [1.29, 1.82) is 0 Å². The number of pyridine rings is 1. The Morgan fingerprint density at radius 2 is 2.33 bits per heavy atom. The average Bonchev–Trinajstić information content (AvgIpc) is 2.15. The lowest BCUT2D eigenvalue weighted by molar-refractivity contribution is -0.696. The predicted molar refractivity (Wildman–Crippen MR) is 49.4 cm³/mol. The van der Waals surface area contributed by atoms with Gasteiger partial charge in [-0.15, -0.1) is 0 Å². The summed E-state index contributed by atoms with van der Waals surface area (Å²) in [6.45, 7) is 2.78. The molecule has 66 valence electrons. The normalized spacial score (nSPS) is 10.2. The molecule has 1 heterocycles. The van der Waals surface area contributed by atoms with Crippen LogP contribution in [0.4, 0.5) is 0 Å². The molecular weight excluding hydrogens is 148 g/mol. The van der Waals surface area contributed by atoms with E-state index < -0.39 is 0 Å². The summed E-state index contributed by atoms with van der Waals surface area (Å²) in [5.74, 6) is 0. The molecule has 0 amide bonds. The van der Waals surface area contributed by atoms with Crippen molar-refractivity contribution in [1.82, 2.24) is 0 Å². The molecule has 0 radical (unpaired) electrons. The van der Waals surface area contributed by atoms with Gasteiger partial charge in [-0.3, -0.25) is 5.73 Å². The van der Waals surface area contributed by atoms with Gasteiger partial charge in [0, 0.05) is 11.6 Å². The molecule has 0 saturated carbocycles. The third kappa shape index (κ3) is 2.62. The molecule has 0 aliphatic rings. The SMILES string of the molecule is CCCCc1ccc[n+](CN)c1. The second-order valence-corrected chi connectivity index (χ2v) is 3.01. The summed E-state index contributed by atoms with van der Waals surface area (Å²) in [6.07, 6.45) is 7.79. The molecule has 0 atom stereocenters. The lowest BCUT2D eigenvalue weighted by Gasteiger charge is -1.97. The zero-order valence-corrected chi connectivity index (χ0v) is 7.66. The van der Waals surface area contributed by atoms with Gasteiger partial charge in [-0.1, -0.05) is 13.3 Å². The van der Waals surface area contributed by atoms with E-state index in [9.17, 15) is 0 Å². The van der Waals surface area contributed by atoms with Crippen molar-refractivity contribution in [3.05, 3.63) is 30.1 Å². The maximum Gasteiger partial charge on any atom is 0.199 e. The number of unbranched alkanes of at least 4 members (excludes halogenated alkanes) is 1. The molecule has 2 nitrogen and oxygen atoms in total. The first-order valence-electron chi connectivity index (χ1n) is 4.55. The fraction of sp³-hybridized carbons (Fsp3) is 0.500. The standard InChI is InChI=1S/C10H17N2/c1-2-3-5-10-6-4-7-12(8-10)9-11/h4,6-8H,2-3,5,9,11H2,1H3/q+1. The number of rotatable bonds is 4. The van der Waals surface area contributed by atoms with E-state index in [0.717, 1.165) is 6.42 Å². The van der Waals surface area contributed by atoms with E-state index in [1.165, 1.54) is 18.4 Å². The summed E-state index contributed by atoms with van der Waals surface area (Å²) >= 11 is 0. The minimum Gasteiger partial charge on any atom is -0.275 e. The first kappa shape index (κ1) is 9.20. The van der Waals surface area contributed by atoms with Crippen LogP contribution >= 0.6 is 0 Å². The van der Waals surface area contributed by atoms with Gasteiger partial charge in [0.1, 0.15) is 0 Å². The van der Waals surface area contributed by atoms with E-state index >= 15 is 0 Å². The molecule has 0 aliphatic heterocycles. The molecule has 0 saturated heterocycles. The molecule has 0 unspecified atom stereocenters. The van der Waals surface area contributed by atoms with E-state index in [0.29, 0.717) is 6.67 Å². The van der Waals surface area contributed by atoms with Crippen molar-refractivity contribution < 1.29 is 4.57 Å². The van der Waals surface area contributed by atoms with Gasteiger partial charge in [-0.2, -0.15) is 4.57 Å². The van der Waals surface area contributed by atoms with Crippen molar-refractivity contribution in [2.45, 2.75) is 32.9 Å². The van der Waals surface area contributed by atoms with Crippen molar-refractivity contribution >= 4 is 0 Å². The molecule has 0 aliphatic carbocycles. The number of hydrogen-bond acceptors (Lipinski definition) is 1. The van der Waals surface area contributed by atoms with Crippen LogP contribution in [0.1, 0.15) is 25.3 Å². The molecule has 2 heteroatoms. The van der Waals surface area contributed by atoms with Crippen molar-refractivity contribution in [3.63, 3.8) is 0 Å². The molecular formula is C10H17N2+. The highest BCUT2D eigenvalue weighted by Gasteiger charge is 1.98.